The molecule has 2 heterocycles. The lowest BCUT2D eigenvalue weighted by Crippen LogP contribution is -2.26. The second-order valence-electron chi connectivity index (χ2n) is 6.26. The lowest BCUT2D eigenvalue weighted by Gasteiger charge is -2.07. The molecule has 0 bridgehead atoms. The first-order chi connectivity index (χ1) is 13.5. The molecule has 9 heteroatoms. The van der Waals surface area contributed by atoms with Crippen molar-refractivity contribution >= 4 is 29.1 Å². The van der Waals surface area contributed by atoms with E-state index in [1.54, 1.807) is 24.4 Å². The average Bonchev–Trinajstić information content (AvgIpc) is 3.25. The molecular weight excluding hydrogens is 401 g/mol. The summed E-state index contributed by atoms with van der Waals surface area (Å²) in [5.41, 5.74) is 2.08. The average molecular weight is 422 g/mol. The minimum atomic E-state index is -0.233. The van der Waals surface area contributed by atoms with Crippen LogP contribution >= 0.6 is 23.2 Å². The molecule has 0 radical (unpaired) electrons. The topological polar surface area (TPSA) is 74.0 Å². The summed E-state index contributed by atoms with van der Waals surface area (Å²) in [5, 5.41) is 12.7. The van der Waals surface area contributed by atoms with E-state index in [1.807, 2.05) is 30.7 Å². The summed E-state index contributed by atoms with van der Waals surface area (Å²) in [5.74, 6) is 0.331. The first-order valence-electron chi connectivity index (χ1n) is 8.84. The number of carbonyl (C=O) groups is 1. The highest BCUT2D eigenvalue weighted by atomic mass is 35.5. The number of amides is 1. The fraction of sp³-hybridized carbons (Fsp3) is 0.316. The number of rotatable bonds is 8. The van der Waals surface area contributed by atoms with Gasteiger partial charge in [0.05, 0.1) is 21.4 Å². The van der Waals surface area contributed by atoms with Gasteiger partial charge < -0.3 is 10.1 Å². The number of carbonyl (C=O) groups excluding carboxylic acids is 1. The maximum absolute atomic E-state index is 12.2. The van der Waals surface area contributed by atoms with Gasteiger partial charge in [-0.1, -0.05) is 35.3 Å². The van der Waals surface area contributed by atoms with Gasteiger partial charge in [-0.05, 0) is 38.5 Å². The van der Waals surface area contributed by atoms with Crippen molar-refractivity contribution in [2.24, 2.45) is 0 Å². The highest BCUT2D eigenvalue weighted by Crippen LogP contribution is 2.23. The highest BCUT2D eigenvalue weighted by Gasteiger charge is 2.11. The van der Waals surface area contributed by atoms with Gasteiger partial charge in [0.1, 0.15) is 11.4 Å². The van der Waals surface area contributed by atoms with E-state index in [0.29, 0.717) is 34.6 Å². The molecule has 0 unspecified atom stereocenters. The van der Waals surface area contributed by atoms with Gasteiger partial charge in [0.25, 0.3) is 5.91 Å². The van der Waals surface area contributed by atoms with Crippen molar-refractivity contribution in [2.75, 3.05) is 6.54 Å². The maximum Gasteiger partial charge on any atom is 0.271 e. The second-order valence-corrected chi connectivity index (χ2v) is 7.05. The third kappa shape index (κ3) is 4.85. The monoisotopic (exact) mass is 421 g/mol. The Morgan fingerprint density at radius 1 is 1.18 bits per heavy atom. The van der Waals surface area contributed by atoms with Gasteiger partial charge in [-0.3, -0.25) is 9.48 Å². The van der Waals surface area contributed by atoms with Crippen LogP contribution in [-0.2, 0) is 13.3 Å². The first-order valence-corrected chi connectivity index (χ1v) is 9.60. The molecule has 2 aromatic heterocycles. The molecule has 0 fully saturated rings. The molecule has 28 heavy (non-hydrogen) atoms. The van der Waals surface area contributed by atoms with Crippen LogP contribution in [0.2, 0.25) is 10.0 Å². The van der Waals surface area contributed by atoms with E-state index in [-0.39, 0.29) is 12.6 Å². The molecule has 1 aromatic carbocycles. The molecule has 3 aromatic rings. The largest absolute Gasteiger partial charge is 0.470 e. The van der Waals surface area contributed by atoms with E-state index in [4.69, 9.17) is 27.9 Å². The first kappa shape index (κ1) is 20.2. The Labute approximate surface area is 173 Å². The van der Waals surface area contributed by atoms with Crippen LogP contribution < -0.4 is 10.1 Å². The van der Waals surface area contributed by atoms with E-state index in [9.17, 15) is 4.79 Å². The Hall–Kier alpha value is -2.51. The van der Waals surface area contributed by atoms with Crippen LogP contribution in [0, 0.1) is 13.8 Å². The Morgan fingerprint density at radius 2 is 1.96 bits per heavy atom. The van der Waals surface area contributed by atoms with Gasteiger partial charge >= 0.3 is 0 Å². The fourth-order valence-electron chi connectivity index (χ4n) is 2.67. The number of para-hydroxylation sites is 1. The van der Waals surface area contributed by atoms with Crippen molar-refractivity contribution in [3.8, 4) is 5.75 Å². The molecular formula is C19H21Cl2N5O2. The highest BCUT2D eigenvalue weighted by molar-refractivity contribution is 6.32. The molecule has 0 aliphatic heterocycles. The van der Waals surface area contributed by atoms with Gasteiger partial charge in [0, 0.05) is 19.3 Å². The lowest BCUT2D eigenvalue weighted by atomic mass is 10.3. The normalized spacial score (nSPS) is 10.9. The number of aromatic nitrogens is 4. The molecule has 0 spiro atoms. The Kier molecular flexibility index (Phi) is 6.59. The Bertz CT molecular complexity index is 967. The Morgan fingerprint density at radius 3 is 2.68 bits per heavy atom. The van der Waals surface area contributed by atoms with Crippen molar-refractivity contribution < 1.29 is 9.53 Å². The predicted molar refractivity (Wildman–Crippen MR) is 108 cm³/mol. The van der Waals surface area contributed by atoms with Crippen molar-refractivity contribution in [1.29, 1.82) is 0 Å². The molecule has 0 atom stereocenters. The molecule has 0 saturated carbocycles. The molecule has 7 nitrogen and oxygen atoms in total. The van der Waals surface area contributed by atoms with E-state index >= 15 is 0 Å². The zero-order valence-corrected chi connectivity index (χ0v) is 17.2. The smallest absolute Gasteiger partial charge is 0.271 e. The van der Waals surface area contributed by atoms with E-state index in [1.165, 1.54) is 4.68 Å². The number of halogens is 2. The van der Waals surface area contributed by atoms with Gasteiger partial charge in [-0.25, -0.2) is 4.68 Å². The van der Waals surface area contributed by atoms with Crippen LogP contribution in [0.5, 0.6) is 5.75 Å². The molecule has 0 saturated heterocycles. The minimum absolute atomic E-state index is 0.162. The van der Waals surface area contributed by atoms with Crippen molar-refractivity contribution in [3.63, 3.8) is 0 Å². The van der Waals surface area contributed by atoms with Crippen LogP contribution in [0.4, 0.5) is 0 Å². The standard InChI is InChI=1S/C19H21Cl2N5O2/c1-13-18(21)14(2)26(23-13)10-5-9-22-19(27)16-8-11-25(24-16)12-28-17-7-4-3-6-15(17)20/h3-4,6-8,11H,5,9-10,12H2,1-2H3,(H,22,27). The lowest BCUT2D eigenvalue weighted by molar-refractivity contribution is 0.0945. The number of hydrogen-bond donors (Lipinski definition) is 1. The molecule has 0 aliphatic rings. The maximum atomic E-state index is 12.2. The molecule has 1 amide bonds. The fourth-order valence-corrected chi connectivity index (χ4v) is 2.99. The number of hydrogen-bond acceptors (Lipinski definition) is 4. The molecule has 148 valence electrons. The van der Waals surface area contributed by atoms with Crippen LogP contribution in [-0.4, -0.2) is 32.0 Å². The zero-order valence-electron chi connectivity index (χ0n) is 15.7. The number of nitrogens with one attached hydrogen (secondary N) is 1. The van der Waals surface area contributed by atoms with Gasteiger partial charge in [0.15, 0.2) is 6.73 Å². The molecule has 0 aliphatic carbocycles. The summed E-state index contributed by atoms with van der Waals surface area (Å²) in [6.07, 6.45) is 2.42. The van der Waals surface area contributed by atoms with Crippen molar-refractivity contribution in [2.45, 2.75) is 33.5 Å². The van der Waals surface area contributed by atoms with E-state index in [0.717, 1.165) is 17.8 Å². The number of ether oxygens (including phenoxy) is 1. The van der Waals surface area contributed by atoms with Crippen molar-refractivity contribution in [1.82, 2.24) is 24.9 Å². The molecule has 3 rings (SSSR count). The second kappa shape index (κ2) is 9.12. The minimum Gasteiger partial charge on any atom is -0.470 e. The quantitative estimate of drug-likeness (QED) is 0.560. The number of nitrogens with zero attached hydrogens (tertiary/aromatic N) is 4. The third-order valence-electron chi connectivity index (χ3n) is 4.19. The van der Waals surface area contributed by atoms with Gasteiger partial charge in [0.2, 0.25) is 0 Å². The SMILES string of the molecule is Cc1nn(CCCNC(=O)c2ccn(COc3ccccc3Cl)n2)c(C)c1Cl. The van der Waals surface area contributed by atoms with Gasteiger partial charge in [-0.15, -0.1) is 0 Å². The summed E-state index contributed by atoms with van der Waals surface area (Å²) in [6, 6.07) is 8.83. The summed E-state index contributed by atoms with van der Waals surface area (Å²) in [7, 11) is 0. The van der Waals surface area contributed by atoms with Gasteiger partial charge in [-0.2, -0.15) is 10.2 Å². The van der Waals surface area contributed by atoms with E-state index in [2.05, 4.69) is 15.5 Å². The van der Waals surface area contributed by atoms with Crippen LogP contribution in [0.25, 0.3) is 0 Å². The zero-order chi connectivity index (χ0) is 20.1. The van der Waals surface area contributed by atoms with E-state index < -0.39 is 0 Å². The summed E-state index contributed by atoms with van der Waals surface area (Å²) >= 11 is 12.2. The third-order valence-corrected chi connectivity index (χ3v) is 5.05. The summed E-state index contributed by atoms with van der Waals surface area (Å²) in [6.45, 7) is 5.16. The predicted octanol–water partition coefficient (Wildman–Crippen LogP) is 3.86. The summed E-state index contributed by atoms with van der Waals surface area (Å²) in [4.78, 5) is 12.2. The molecule has 1 N–H and O–H groups in total. The summed E-state index contributed by atoms with van der Waals surface area (Å²) < 4.78 is 8.99. The number of aryl methyl sites for hydroxylation is 2. The Balaban J connectivity index is 1.45. The van der Waals surface area contributed by atoms with Crippen molar-refractivity contribution in [3.05, 3.63) is 63.7 Å². The number of benzene rings is 1. The van der Waals surface area contributed by atoms with Crippen LogP contribution in [0.3, 0.4) is 0 Å². The van der Waals surface area contributed by atoms with Crippen LogP contribution in [0.1, 0.15) is 28.3 Å². The van der Waals surface area contributed by atoms with Crippen LogP contribution in [0.15, 0.2) is 36.5 Å².